The Morgan fingerprint density at radius 3 is 2.35 bits per heavy atom. The second-order valence-electron chi connectivity index (χ2n) is 5.24. The molecule has 0 aliphatic rings. The van der Waals surface area contributed by atoms with Gasteiger partial charge in [-0.15, -0.1) is 0 Å². The minimum atomic E-state index is 0.0602. The van der Waals surface area contributed by atoms with Gasteiger partial charge in [-0.05, 0) is 54.2 Å². The summed E-state index contributed by atoms with van der Waals surface area (Å²) in [5.41, 5.74) is 3.27. The molecule has 0 aliphatic heterocycles. The van der Waals surface area contributed by atoms with Crippen molar-refractivity contribution in [3.63, 3.8) is 0 Å². The quantitative estimate of drug-likeness (QED) is 0.846. The lowest BCUT2D eigenvalue weighted by atomic mass is 9.99. The average molecular weight is 270 g/mol. The van der Waals surface area contributed by atoms with Gasteiger partial charge in [-0.25, -0.2) is 0 Å². The van der Waals surface area contributed by atoms with Crippen molar-refractivity contribution < 1.29 is 9.84 Å². The van der Waals surface area contributed by atoms with Crippen LogP contribution in [-0.2, 0) is 6.61 Å². The molecule has 0 bridgehead atoms. The SMILES string of the molecule is CCC(C)c1ccc(Oc2ccc(CO)cc2C)cc1. The standard InChI is InChI=1S/C18H22O2/c1-4-13(2)16-6-8-17(9-7-16)20-18-10-5-15(12-19)11-14(18)3/h5-11,13,19H,4,12H2,1-3H3. The van der Waals surface area contributed by atoms with Crippen molar-refractivity contribution in [2.24, 2.45) is 0 Å². The summed E-state index contributed by atoms with van der Waals surface area (Å²) in [4.78, 5) is 0. The number of aryl methyl sites for hydroxylation is 1. The maximum Gasteiger partial charge on any atom is 0.130 e. The summed E-state index contributed by atoms with van der Waals surface area (Å²) in [5.74, 6) is 2.25. The maximum atomic E-state index is 9.11. The Bertz CT molecular complexity index is 558. The van der Waals surface area contributed by atoms with Gasteiger partial charge in [-0.3, -0.25) is 0 Å². The summed E-state index contributed by atoms with van der Waals surface area (Å²) < 4.78 is 5.90. The van der Waals surface area contributed by atoms with E-state index < -0.39 is 0 Å². The molecule has 1 unspecified atom stereocenters. The van der Waals surface area contributed by atoms with Crippen LogP contribution in [0.25, 0.3) is 0 Å². The summed E-state index contributed by atoms with van der Waals surface area (Å²) in [6, 6.07) is 14.0. The van der Waals surface area contributed by atoms with Gasteiger partial charge >= 0.3 is 0 Å². The molecule has 0 aromatic heterocycles. The molecule has 0 saturated heterocycles. The Labute approximate surface area is 121 Å². The van der Waals surface area contributed by atoms with Gasteiger partial charge in [0.2, 0.25) is 0 Å². The van der Waals surface area contributed by atoms with Gasteiger partial charge in [0.25, 0.3) is 0 Å². The summed E-state index contributed by atoms with van der Waals surface area (Å²) in [7, 11) is 0. The molecule has 0 amide bonds. The predicted molar refractivity (Wildman–Crippen MR) is 82.3 cm³/mol. The second-order valence-corrected chi connectivity index (χ2v) is 5.24. The first-order valence-corrected chi connectivity index (χ1v) is 7.12. The summed E-state index contributed by atoms with van der Waals surface area (Å²) in [6.07, 6.45) is 1.14. The number of ether oxygens (including phenoxy) is 1. The van der Waals surface area contributed by atoms with Gasteiger partial charge in [0.05, 0.1) is 6.61 Å². The molecular formula is C18H22O2. The van der Waals surface area contributed by atoms with E-state index in [0.717, 1.165) is 29.0 Å². The van der Waals surface area contributed by atoms with Gasteiger partial charge in [-0.1, -0.05) is 38.1 Å². The first-order valence-electron chi connectivity index (χ1n) is 7.12. The monoisotopic (exact) mass is 270 g/mol. The van der Waals surface area contributed by atoms with Crippen LogP contribution in [0.3, 0.4) is 0 Å². The molecule has 0 radical (unpaired) electrons. The van der Waals surface area contributed by atoms with E-state index >= 15 is 0 Å². The minimum absolute atomic E-state index is 0.0602. The Hall–Kier alpha value is -1.80. The highest BCUT2D eigenvalue weighted by atomic mass is 16.5. The molecule has 2 aromatic carbocycles. The van der Waals surface area contributed by atoms with Gasteiger partial charge in [0.15, 0.2) is 0 Å². The molecule has 20 heavy (non-hydrogen) atoms. The molecule has 2 aromatic rings. The molecule has 2 nitrogen and oxygen atoms in total. The number of aliphatic hydroxyl groups excluding tert-OH is 1. The van der Waals surface area contributed by atoms with Crippen LogP contribution in [0, 0.1) is 6.92 Å². The Balaban J connectivity index is 2.14. The highest BCUT2D eigenvalue weighted by Gasteiger charge is 2.05. The zero-order chi connectivity index (χ0) is 14.5. The number of benzene rings is 2. The van der Waals surface area contributed by atoms with E-state index in [0.29, 0.717) is 5.92 Å². The van der Waals surface area contributed by atoms with Crippen LogP contribution in [0.15, 0.2) is 42.5 Å². The average Bonchev–Trinajstić information content (AvgIpc) is 2.49. The second kappa shape index (κ2) is 6.58. The Morgan fingerprint density at radius 1 is 1.10 bits per heavy atom. The topological polar surface area (TPSA) is 29.5 Å². The van der Waals surface area contributed by atoms with Crippen molar-refractivity contribution in [3.8, 4) is 11.5 Å². The van der Waals surface area contributed by atoms with Crippen LogP contribution in [0.4, 0.5) is 0 Å². The van der Waals surface area contributed by atoms with Gasteiger partial charge in [-0.2, -0.15) is 0 Å². The van der Waals surface area contributed by atoms with E-state index in [-0.39, 0.29) is 6.61 Å². The van der Waals surface area contributed by atoms with Crippen molar-refractivity contribution in [1.82, 2.24) is 0 Å². The van der Waals surface area contributed by atoms with Gasteiger partial charge in [0.1, 0.15) is 11.5 Å². The minimum Gasteiger partial charge on any atom is -0.457 e. The molecule has 1 atom stereocenters. The van der Waals surface area contributed by atoms with Gasteiger partial charge < -0.3 is 9.84 Å². The lowest BCUT2D eigenvalue weighted by molar-refractivity contribution is 0.281. The molecule has 0 heterocycles. The largest absolute Gasteiger partial charge is 0.457 e. The van der Waals surface area contributed by atoms with E-state index in [1.807, 2.05) is 37.3 Å². The normalized spacial score (nSPS) is 12.2. The van der Waals surface area contributed by atoms with Crippen molar-refractivity contribution in [2.45, 2.75) is 39.7 Å². The number of hydrogen-bond acceptors (Lipinski definition) is 2. The first kappa shape index (κ1) is 14.6. The molecule has 2 rings (SSSR count). The maximum absolute atomic E-state index is 9.11. The highest BCUT2D eigenvalue weighted by molar-refractivity contribution is 5.40. The number of hydrogen-bond donors (Lipinski definition) is 1. The number of aliphatic hydroxyl groups is 1. The van der Waals surface area contributed by atoms with Crippen molar-refractivity contribution >= 4 is 0 Å². The third-order valence-electron chi connectivity index (χ3n) is 3.71. The fourth-order valence-corrected chi connectivity index (χ4v) is 2.15. The summed E-state index contributed by atoms with van der Waals surface area (Å²) >= 11 is 0. The van der Waals surface area contributed by atoms with Crippen LogP contribution in [0.1, 0.15) is 42.9 Å². The zero-order valence-corrected chi connectivity index (χ0v) is 12.4. The van der Waals surface area contributed by atoms with Crippen LogP contribution < -0.4 is 4.74 Å². The molecule has 0 saturated carbocycles. The van der Waals surface area contributed by atoms with Crippen molar-refractivity contribution in [3.05, 3.63) is 59.2 Å². The zero-order valence-electron chi connectivity index (χ0n) is 12.4. The molecule has 0 spiro atoms. The van der Waals surface area contributed by atoms with E-state index in [2.05, 4.69) is 26.0 Å². The summed E-state index contributed by atoms with van der Waals surface area (Å²) in [6.45, 7) is 6.47. The Morgan fingerprint density at radius 2 is 1.80 bits per heavy atom. The molecular weight excluding hydrogens is 248 g/mol. The summed E-state index contributed by atoms with van der Waals surface area (Å²) in [5, 5.41) is 9.11. The third kappa shape index (κ3) is 3.40. The van der Waals surface area contributed by atoms with Crippen LogP contribution in [-0.4, -0.2) is 5.11 Å². The predicted octanol–water partition coefficient (Wildman–Crippen LogP) is 4.79. The first-order chi connectivity index (χ1) is 9.63. The molecule has 0 aliphatic carbocycles. The van der Waals surface area contributed by atoms with Crippen molar-refractivity contribution in [2.75, 3.05) is 0 Å². The van der Waals surface area contributed by atoms with E-state index in [1.54, 1.807) is 0 Å². The van der Waals surface area contributed by atoms with Crippen LogP contribution in [0.2, 0.25) is 0 Å². The van der Waals surface area contributed by atoms with E-state index in [9.17, 15) is 0 Å². The lowest BCUT2D eigenvalue weighted by Gasteiger charge is -2.12. The highest BCUT2D eigenvalue weighted by Crippen LogP contribution is 2.27. The molecule has 106 valence electrons. The molecule has 2 heteroatoms. The van der Waals surface area contributed by atoms with Gasteiger partial charge in [0, 0.05) is 0 Å². The van der Waals surface area contributed by atoms with E-state index in [1.165, 1.54) is 5.56 Å². The lowest BCUT2D eigenvalue weighted by Crippen LogP contribution is -1.93. The third-order valence-corrected chi connectivity index (χ3v) is 3.71. The number of rotatable bonds is 5. The fourth-order valence-electron chi connectivity index (χ4n) is 2.15. The van der Waals surface area contributed by atoms with Crippen LogP contribution >= 0.6 is 0 Å². The van der Waals surface area contributed by atoms with Crippen LogP contribution in [0.5, 0.6) is 11.5 Å². The smallest absolute Gasteiger partial charge is 0.130 e. The van der Waals surface area contributed by atoms with Crippen molar-refractivity contribution in [1.29, 1.82) is 0 Å². The Kier molecular flexibility index (Phi) is 4.80. The molecule has 0 fully saturated rings. The fraction of sp³-hybridized carbons (Fsp3) is 0.333. The molecule has 1 N–H and O–H groups in total. The van der Waals surface area contributed by atoms with E-state index in [4.69, 9.17) is 9.84 Å².